The molecule has 0 spiro atoms. The Hall–Kier alpha value is -1.33. The van der Waals surface area contributed by atoms with Gasteiger partial charge in [-0.1, -0.05) is 11.6 Å². The van der Waals surface area contributed by atoms with Crippen molar-refractivity contribution in [3.63, 3.8) is 0 Å². The van der Waals surface area contributed by atoms with E-state index in [-0.39, 0.29) is 10.7 Å². The van der Waals surface area contributed by atoms with Crippen LogP contribution in [0.5, 0.6) is 0 Å². The number of nitro benzene ring substituents is 1. The molecular weight excluding hydrogens is 266 g/mol. The van der Waals surface area contributed by atoms with Crippen molar-refractivity contribution in [3.8, 4) is 0 Å². The largest absolute Gasteiger partial charge is 0.367 e. The van der Waals surface area contributed by atoms with E-state index in [1.54, 1.807) is 12.1 Å². The van der Waals surface area contributed by atoms with E-state index in [0.29, 0.717) is 6.04 Å². The summed E-state index contributed by atoms with van der Waals surface area (Å²) in [6.07, 6.45) is 2.27. The van der Waals surface area contributed by atoms with Gasteiger partial charge < -0.3 is 10.2 Å². The number of aryl methyl sites for hydroxylation is 1. The molecule has 1 fully saturated rings. The number of benzene rings is 1. The summed E-state index contributed by atoms with van der Waals surface area (Å²) in [5.74, 6) is 0. The molecule has 5 nitrogen and oxygen atoms in total. The van der Waals surface area contributed by atoms with Gasteiger partial charge in [-0.2, -0.15) is 0 Å². The molecule has 1 saturated heterocycles. The average molecular weight is 284 g/mol. The van der Waals surface area contributed by atoms with E-state index in [9.17, 15) is 10.1 Å². The SMILES string of the molecule is CNCC1CCCN1c1cc(Cl)c([N+](=O)[O-])cc1C. The number of hydrogen-bond donors (Lipinski definition) is 1. The smallest absolute Gasteiger partial charge is 0.288 e. The molecule has 0 aromatic heterocycles. The topological polar surface area (TPSA) is 58.4 Å². The fraction of sp³-hybridized carbons (Fsp3) is 0.538. The number of nitrogens with zero attached hydrogens (tertiary/aromatic N) is 2. The first-order valence-corrected chi connectivity index (χ1v) is 6.78. The molecule has 1 atom stereocenters. The maximum atomic E-state index is 10.9. The van der Waals surface area contributed by atoms with E-state index in [2.05, 4.69) is 10.2 Å². The maximum Gasteiger partial charge on any atom is 0.288 e. The molecule has 0 amide bonds. The highest BCUT2D eigenvalue weighted by Gasteiger charge is 2.27. The highest BCUT2D eigenvalue weighted by molar-refractivity contribution is 6.33. The van der Waals surface area contributed by atoms with E-state index < -0.39 is 4.92 Å². The van der Waals surface area contributed by atoms with Crippen molar-refractivity contribution >= 4 is 23.0 Å². The second-order valence-electron chi connectivity index (χ2n) is 4.89. The van der Waals surface area contributed by atoms with Crippen LogP contribution in [-0.2, 0) is 0 Å². The Kier molecular flexibility index (Phi) is 4.27. The maximum absolute atomic E-state index is 10.9. The first-order chi connectivity index (χ1) is 9.04. The normalized spacial score (nSPS) is 18.9. The summed E-state index contributed by atoms with van der Waals surface area (Å²) in [5.41, 5.74) is 1.89. The molecule has 0 radical (unpaired) electrons. The Bertz CT molecular complexity index is 493. The zero-order valence-electron chi connectivity index (χ0n) is 11.1. The molecule has 19 heavy (non-hydrogen) atoms. The third-order valence-corrected chi connectivity index (χ3v) is 3.89. The van der Waals surface area contributed by atoms with E-state index in [0.717, 1.165) is 37.2 Å². The molecule has 1 aromatic rings. The van der Waals surface area contributed by atoms with Gasteiger partial charge in [0.2, 0.25) is 0 Å². The highest BCUT2D eigenvalue weighted by atomic mass is 35.5. The van der Waals surface area contributed by atoms with Gasteiger partial charge in [-0.05, 0) is 38.4 Å². The molecule has 0 bridgehead atoms. The van der Waals surface area contributed by atoms with Gasteiger partial charge in [0.25, 0.3) is 5.69 Å². The van der Waals surface area contributed by atoms with Crippen molar-refractivity contribution in [2.75, 3.05) is 25.0 Å². The van der Waals surface area contributed by atoms with Crippen LogP contribution in [-0.4, -0.2) is 31.1 Å². The molecule has 1 unspecified atom stereocenters. The monoisotopic (exact) mass is 283 g/mol. The third-order valence-electron chi connectivity index (χ3n) is 3.59. The molecule has 104 valence electrons. The fourth-order valence-corrected chi connectivity index (χ4v) is 2.93. The van der Waals surface area contributed by atoms with Crippen molar-refractivity contribution in [3.05, 3.63) is 32.8 Å². The number of rotatable bonds is 4. The zero-order valence-corrected chi connectivity index (χ0v) is 11.9. The number of nitro groups is 1. The second-order valence-corrected chi connectivity index (χ2v) is 5.30. The Labute approximate surface area is 117 Å². The van der Waals surface area contributed by atoms with Crippen molar-refractivity contribution in [1.82, 2.24) is 5.32 Å². The Morgan fingerprint density at radius 3 is 2.95 bits per heavy atom. The van der Waals surface area contributed by atoms with Crippen LogP contribution in [0.4, 0.5) is 11.4 Å². The summed E-state index contributed by atoms with van der Waals surface area (Å²) in [5, 5.41) is 14.3. The molecule has 1 aliphatic rings. The molecule has 6 heteroatoms. The summed E-state index contributed by atoms with van der Waals surface area (Å²) in [6, 6.07) is 3.72. The first kappa shape index (κ1) is 14.1. The van der Waals surface area contributed by atoms with Crippen molar-refractivity contribution in [2.45, 2.75) is 25.8 Å². The summed E-state index contributed by atoms with van der Waals surface area (Å²) in [7, 11) is 1.94. The average Bonchev–Trinajstić information content (AvgIpc) is 2.80. The van der Waals surface area contributed by atoms with E-state index in [4.69, 9.17) is 11.6 Å². The van der Waals surface area contributed by atoms with Crippen LogP contribution in [0.1, 0.15) is 18.4 Å². The summed E-state index contributed by atoms with van der Waals surface area (Å²) in [6.45, 7) is 3.78. The minimum Gasteiger partial charge on any atom is -0.367 e. The number of likely N-dealkylation sites (N-methyl/N-ethyl adjacent to an activating group) is 1. The lowest BCUT2D eigenvalue weighted by molar-refractivity contribution is -0.384. The lowest BCUT2D eigenvalue weighted by Crippen LogP contribution is -2.37. The van der Waals surface area contributed by atoms with Crippen molar-refractivity contribution in [2.24, 2.45) is 0 Å². The van der Waals surface area contributed by atoms with Crippen LogP contribution in [0.25, 0.3) is 0 Å². The minimum absolute atomic E-state index is 0.0210. The quantitative estimate of drug-likeness (QED) is 0.682. The van der Waals surface area contributed by atoms with Gasteiger partial charge >= 0.3 is 0 Å². The zero-order chi connectivity index (χ0) is 14.0. The van der Waals surface area contributed by atoms with Gasteiger partial charge in [0.15, 0.2) is 0 Å². The van der Waals surface area contributed by atoms with Crippen LogP contribution in [0.15, 0.2) is 12.1 Å². The van der Waals surface area contributed by atoms with Gasteiger partial charge in [0, 0.05) is 30.9 Å². The van der Waals surface area contributed by atoms with Crippen molar-refractivity contribution in [1.29, 1.82) is 0 Å². The standard InChI is InChI=1S/C13H18ClN3O2/c1-9-6-13(17(18)19)11(14)7-12(9)16-5-3-4-10(16)8-15-2/h6-7,10,15H,3-5,8H2,1-2H3. The molecule has 0 aliphatic carbocycles. The molecule has 2 rings (SSSR count). The van der Waals surface area contributed by atoms with E-state index in [1.165, 1.54) is 0 Å². The van der Waals surface area contributed by atoms with Crippen LogP contribution in [0.2, 0.25) is 5.02 Å². The number of anilines is 1. The predicted molar refractivity (Wildman–Crippen MR) is 77.1 cm³/mol. The van der Waals surface area contributed by atoms with Crippen LogP contribution < -0.4 is 10.2 Å². The first-order valence-electron chi connectivity index (χ1n) is 6.40. The van der Waals surface area contributed by atoms with Crippen LogP contribution in [0, 0.1) is 17.0 Å². The van der Waals surface area contributed by atoms with Gasteiger partial charge in [-0.25, -0.2) is 0 Å². The lowest BCUT2D eigenvalue weighted by atomic mass is 10.1. The molecule has 1 aromatic carbocycles. The van der Waals surface area contributed by atoms with Crippen molar-refractivity contribution < 1.29 is 4.92 Å². The highest BCUT2D eigenvalue weighted by Crippen LogP contribution is 2.35. The number of hydrogen-bond acceptors (Lipinski definition) is 4. The molecule has 1 N–H and O–H groups in total. The summed E-state index contributed by atoms with van der Waals surface area (Å²) < 4.78 is 0. The fourth-order valence-electron chi connectivity index (χ4n) is 2.71. The minimum atomic E-state index is -0.436. The van der Waals surface area contributed by atoms with Gasteiger partial charge in [0.1, 0.15) is 5.02 Å². The summed E-state index contributed by atoms with van der Waals surface area (Å²) >= 11 is 6.02. The van der Waals surface area contributed by atoms with Gasteiger partial charge in [0.05, 0.1) is 4.92 Å². The summed E-state index contributed by atoms with van der Waals surface area (Å²) in [4.78, 5) is 12.7. The van der Waals surface area contributed by atoms with Crippen LogP contribution >= 0.6 is 11.6 Å². The number of halogens is 1. The van der Waals surface area contributed by atoms with Gasteiger partial charge in [-0.3, -0.25) is 10.1 Å². The van der Waals surface area contributed by atoms with E-state index in [1.807, 2.05) is 14.0 Å². The molecule has 1 aliphatic heterocycles. The predicted octanol–water partition coefficient (Wildman–Crippen LogP) is 2.74. The second kappa shape index (κ2) is 5.75. The Morgan fingerprint density at radius 2 is 2.32 bits per heavy atom. The van der Waals surface area contributed by atoms with E-state index >= 15 is 0 Å². The molecule has 0 saturated carbocycles. The molecular formula is C13H18ClN3O2. The van der Waals surface area contributed by atoms with Crippen LogP contribution in [0.3, 0.4) is 0 Å². The lowest BCUT2D eigenvalue weighted by Gasteiger charge is -2.28. The number of nitrogens with one attached hydrogen (secondary N) is 1. The third kappa shape index (κ3) is 2.82. The Balaban J connectivity index is 2.35. The molecule has 1 heterocycles. The Morgan fingerprint density at radius 1 is 1.58 bits per heavy atom. The van der Waals surface area contributed by atoms with Gasteiger partial charge in [-0.15, -0.1) is 0 Å².